The maximum Gasteiger partial charge on any atom is 0.354 e. The minimum Gasteiger partial charge on any atom is -0.477 e. The molecule has 1 amide bonds. The van der Waals surface area contributed by atoms with Crippen LogP contribution in [-0.2, 0) is 0 Å². The van der Waals surface area contributed by atoms with Crippen LogP contribution in [0.5, 0.6) is 0 Å². The molecule has 2 rings (SSSR count). The Balaban J connectivity index is 2.11. The third-order valence-electron chi connectivity index (χ3n) is 2.97. The summed E-state index contributed by atoms with van der Waals surface area (Å²) in [5.74, 6) is 1.70. The number of pyridine rings is 1. The lowest BCUT2D eigenvalue weighted by Gasteiger charge is -2.19. The first-order chi connectivity index (χ1) is 9.11. The van der Waals surface area contributed by atoms with Crippen LogP contribution in [0.25, 0.3) is 0 Å². The van der Waals surface area contributed by atoms with Gasteiger partial charge in [0.05, 0.1) is 12.1 Å². The molecular formula is C14H14N2O3. The van der Waals surface area contributed by atoms with Crippen molar-refractivity contribution in [1.82, 2.24) is 9.88 Å². The number of terminal acetylenes is 1. The molecule has 1 aliphatic carbocycles. The van der Waals surface area contributed by atoms with E-state index in [1.807, 2.05) is 0 Å². The van der Waals surface area contributed by atoms with Crippen molar-refractivity contribution in [3.05, 3.63) is 29.6 Å². The van der Waals surface area contributed by atoms with Crippen LogP contribution >= 0.6 is 0 Å². The lowest BCUT2D eigenvalue weighted by Crippen LogP contribution is -2.33. The molecule has 1 N–H and O–H groups in total. The Bertz CT molecular complexity index is 527. The standard InChI is InChI=1S/C14H14N2O3/c1-2-7-16(9-10-3-4-10)13(17)11-5-6-12(14(18)19)15-8-11/h1,5-6,8,10H,3-4,7,9H2,(H,18,19). The van der Waals surface area contributed by atoms with Gasteiger partial charge >= 0.3 is 5.97 Å². The molecule has 5 nitrogen and oxygen atoms in total. The second-order valence-electron chi connectivity index (χ2n) is 4.57. The summed E-state index contributed by atoms with van der Waals surface area (Å²) < 4.78 is 0. The molecule has 0 unspecified atom stereocenters. The predicted octanol–water partition coefficient (Wildman–Crippen LogP) is 1.27. The van der Waals surface area contributed by atoms with E-state index in [1.165, 1.54) is 18.3 Å². The van der Waals surface area contributed by atoms with Crippen LogP contribution in [0.4, 0.5) is 0 Å². The molecule has 1 saturated carbocycles. The van der Waals surface area contributed by atoms with Gasteiger partial charge in [0, 0.05) is 12.7 Å². The molecule has 0 saturated heterocycles. The van der Waals surface area contributed by atoms with Gasteiger partial charge in [-0.3, -0.25) is 4.79 Å². The Morgan fingerprint density at radius 1 is 1.47 bits per heavy atom. The van der Waals surface area contributed by atoms with Crippen LogP contribution < -0.4 is 0 Å². The number of hydrogen-bond donors (Lipinski definition) is 1. The average molecular weight is 258 g/mol. The van der Waals surface area contributed by atoms with Crippen molar-refractivity contribution in [1.29, 1.82) is 0 Å². The van der Waals surface area contributed by atoms with E-state index in [0.717, 1.165) is 12.8 Å². The summed E-state index contributed by atoms with van der Waals surface area (Å²) in [5, 5.41) is 8.75. The van der Waals surface area contributed by atoms with E-state index in [9.17, 15) is 9.59 Å². The molecular weight excluding hydrogens is 244 g/mol. The number of aromatic carboxylic acids is 1. The molecule has 0 bridgehead atoms. The normalized spacial score (nSPS) is 13.6. The van der Waals surface area contributed by atoms with Crippen LogP contribution in [-0.4, -0.2) is 40.0 Å². The number of nitrogens with zero attached hydrogens (tertiary/aromatic N) is 2. The molecule has 1 heterocycles. The van der Waals surface area contributed by atoms with Crippen molar-refractivity contribution < 1.29 is 14.7 Å². The number of carbonyl (C=O) groups excluding carboxylic acids is 1. The number of carboxylic acids is 1. The quantitative estimate of drug-likeness (QED) is 0.807. The van der Waals surface area contributed by atoms with E-state index < -0.39 is 5.97 Å². The fourth-order valence-electron chi connectivity index (χ4n) is 1.77. The highest BCUT2D eigenvalue weighted by Gasteiger charge is 2.27. The Kier molecular flexibility index (Phi) is 3.81. The first-order valence-electron chi connectivity index (χ1n) is 6.04. The molecule has 1 fully saturated rings. The third-order valence-corrected chi connectivity index (χ3v) is 2.97. The molecule has 98 valence electrons. The largest absolute Gasteiger partial charge is 0.477 e. The summed E-state index contributed by atoms with van der Waals surface area (Å²) >= 11 is 0. The molecule has 1 aromatic heterocycles. The van der Waals surface area contributed by atoms with Crippen LogP contribution in [0.15, 0.2) is 18.3 Å². The molecule has 5 heteroatoms. The van der Waals surface area contributed by atoms with Gasteiger partial charge in [0.2, 0.25) is 0 Å². The van der Waals surface area contributed by atoms with Crippen molar-refractivity contribution >= 4 is 11.9 Å². The van der Waals surface area contributed by atoms with Gasteiger partial charge in [0.25, 0.3) is 5.91 Å². The minimum absolute atomic E-state index is 0.0813. The van der Waals surface area contributed by atoms with E-state index in [2.05, 4.69) is 10.9 Å². The second-order valence-corrected chi connectivity index (χ2v) is 4.57. The second kappa shape index (κ2) is 5.53. The summed E-state index contributed by atoms with van der Waals surface area (Å²) in [4.78, 5) is 28.3. The van der Waals surface area contributed by atoms with Gasteiger partial charge in [-0.2, -0.15) is 0 Å². The van der Waals surface area contributed by atoms with Gasteiger partial charge in [-0.05, 0) is 30.9 Å². The van der Waals surface area contributed by atoms with Crippen LogP contribution in [0.1, 0.15) is 33.7 Å². The highest BCUT2D eigenvalue weighted by atomic mass is 16.4. The van der Waals surface area contributed by atoms with E-state index in [-0.39, 0.29) is 18.1 Å². The van der Waals surface area contributed by atoms with Crippen molar-refractivity contribution in [2.24, 2.45) is 5.92 Å². The minimum atomic E-state index is -1.11. The summed E-state index contributed by atoms with van der Waals surface area (Å²) in [6, 6.07) is 2.79. The molecule has 0 aliphatic heterocycles. The van der Waals surface area contributed by atoms with Crippen LogP contribution in [0, 0.1) is 18.3 Å². The fraction of sp³-hybridized carbons (Fsp3) is 0.357. The summed E-state index contributed by atoms with van der Waals surface area (Å²) in [7, 11) is 0. The van der Waals surface area contributed by atoms with Gasteiger partial charge in [0.1, 0.15) is 5.69 Å². The van der Waals surface area contributed by atoms with Gasteiger partial charge in [0.15, 0.2) is 0 Å². The number of rotatable bonds is 5. The van der Waals surface area contributed by atoms with Crippen LogP contribution in [0.2, 0.25) is 0 Å². The molecule has 1 aromatic rings. The lowest BCUT2D eigenvalue weighted by atomic mass is 10.2. The van der Waals surface area contributed by atoms with E-state index >= 15 is 0 Å². The van der Waals surface area contributed by atoms with Crippen molar-refractivity contribution in [2.75, 3.05) is 13.1 Å². The van der Waals surface area contributed by atoms with Crippen molar-refractivity contribution in [2.45, 2.75) is 12.8 Å². The molecule has 19 heavy (non-hydrogen) atoms. The van der Waals surface area contributed by atoms with Gasteiger partial charge in [-0.25, -0.2) is 9.78 Å². The molecule has 0 radical (unpaired) electrons. The zero-order valence-corrected chi connectivity index (χ0v) is 10.4. The third kappa shape index (κ3) is 3.32. The number of aromatic nitrogens is 1. The molecule has 1 aliphatic rings. The number of carbonyl (C=O) groups is 2. The van der Waals surface area contributed by atoms with Crippen molar-refractivity contribution in [3.8, 4) is 12.3 Å². The molecule has 0 aromatic carbocycles. The highest BCUT2D eigenvalue weighted by molar-refractivity contribution is 5.95. The predicted molar refractivity (Wildman–Crippen MR) is 68.7 cm³/mol. The Morgan fingerprint density at radius 2 is 2.21 bits per heavy atom. The molecule has 0 spiro atoms. The lowest BCUT2D eigenvalue weighted by molar-refractivity contribution is 0.0687. The summed E-state index contributed by atoms with van der Waals surface area (Å²) in [6.07, 6.45) is 8.81. The summed E-state index contributed by atoms with van der Waals surface area (Å²) in [6.45, 7) is 0.916. The Morgan fingerprint density at radius 3 is 2.68 bits per heavy atom. The molecule has 0 atom stereocenters. The zero-order valence-electron chi connectivity index (χ0n) is 10.4. The Labute approximate surface area is 111 Å². The monoisotopic (exact) mass is 258 g/mol. The maximum atomic E-state index is 12.2. The van der Waals surface area contributed by atoms with E-state index in [4.69, 9.17) is 11.5 Å². The van der Waals surface area contributed by atoms with Crippen molar-refractivity contribution in [3.63, 3.8) is 0 Å². The highest BCUT2D eigenvalue weighted by Crippen LogP contribution is 2.30. The first-order valence-corrected chi connectivity index (χ1v) is 6.04. The number of carboxylic acid groups (broad SMARTS) is 1. The van der Waals surface area contributed by atoms with E-state index in [0.29, 0.717) is 18.0 Å². The smallest absolute Gasteiger partial charge is 0.354 e. The summed E-state index contributed by atoms with van der Waals surface area (Å²) in [5.41, 5.74) is 0.281. The number of hydrogen-bond acceptors (Lipinski definition) is 3. The first kappa shape index (κ1) is 13.1. The zero-order chi connectivity index (χ0) is 13.8. The number of amides is 1. The maximum absolute atomic E-state index is 12.2. The van der Waals surface area contributed by atoms with Gasteiger partial charge in [-0.15, -0.1) is 6.42 Å². The SMILES string of the molecule is C#CCN(CC1CC1)C(=O)c1ccc(C(=O)O)nc1. The van der Waals surface area contributed by atoms with Gasteiger partial charge in [-0.1, -0.05) is 5.92 Å². The Hall–Kier alpha value is -2.35. The average Bonchev–Trinajstić information content (AvgIpc) is 3.21. The fourth-order valence-corrected chi connectivity index (χ4v) is 1.77. The van der Waals surface area contributed by atoms with Crippen LogP contribution in [0.3, 0.4) is 0 Å². The van der Waals surface area contributed by atoms with E-state index in [1.54, 1.807) is 4.90 Å². The van der Waals surface area contributed by atoms with Gasteiger partial charge < -0.3 is 10.0 Å². The topological polar surface area (TPSA) is 70.5 Å².